The Bertz CT molecular complexity index is 609. The Morgan fingerprint density at radius 1 is 1.30 bits per heavy atom. The van der Waals surface area contributed by atoms with Crippen molar-refractivity contribution in [1.29, 1.82) is 0 Å². The second-order valence-electron chi connectivity index (χ2n) is 4.88. The number of H-pyrrole nitrogens is 1. The maximum absolute atomic E-state index is 12.0. The molecule has 0 atom stereocenters. The third kappa shape index (κ3) is 3.65. The quantitative estimate of drug-likeness (QED) is 0.804. The molecule has 1 heterocycles. The number of aromatic nitrogens is 2. The number of benzene rings is 1. The normalized spacial score (nSPS) is 11.3. The summed E-state index contributed by atoms with van der Waals surface area (Å²) in [6, 6.07) is 7.32. The van der Waals surface area contributed by atoms with Crippen molar-refractivity contribution < 1.29 is 5.11 Å². The molecule has 0 aliphatic carbocycles. The molecule has 0 aliphatic heterocycles. The number of nitrogens with zero attached hydrogens (tertiary/aromatic N) is 2. The average molecular weight is 275 g/mol. The smallest absolute Gasteiger partial charge is 0.258 e. The first-order valence-corrected chi connectivity index (χ1v) is 7.05. The van der Waals surface area contributed by atoms with E-state index in [2.05, 4.69) is 21.8 Å². The van der Waals surface area contributed by atoms with Crippen molar-refractivity contribution in [2.24, 2.45) is 0 Å². The Hall–Kier alpha value is -1.72. The van der Waals surface area contributed by atoms with Crippen LogP contribution in [0.5, 0.6) is 0 Å². The lowest BCUT2D eigenvalue weighted by molar-refractivity contribution is 0.185. The minimum atomic E-state index is -0.106. The zero-order valence-electron chi connectivity index (χ0n) is 11.8. The van der Waals surface area contributed by atoms with Gasteiger partial charge in [-0.3, -0.25) is 9.69 Å². The molecule has 0 radical (unpaired) electrons. The molecule has 1 aromatic carbocycles. The maximum atomic E-state index is 12.0. The van der Waals surface area contributed by atoms with Gasteiger partial charge in [0.2, 0.25) is 0 Å². The molecular formula is C15H21N3O2. The van der Waals surface area contributed by atoms with Gasteiger partial charge < -0.3 is 10.1 Å². The highest BCUT2D eigenvalue weighted by Gasteiger charge is 2.08. The summed E-state index contributed by atoms with van der Waals surface area (Å²) in [5.41, 5.74) is 0.607. The number of unbranched alkanes of at least 4 members (excludes halogenated alkanes) is 1. The molecule has 5 nitrogen and oxygen atoms in total. The van der Waals surface area contributed by atoms with Crippen molar-refractivity contribution in [3.05, 3.63) is 40.4 Å². The molecule has 0 fully saturated rings. The second-order valence-corrected chi connectivity index (χ2v) is 4.88. The number of aliphatic hydroxyl groups is 1. The minimum absolute atomic E-state index is 0.106. The van der Waals surface area contributed by atoms with Crippen LogP contribution in [0.15, 0.2) is 29.1 Å². The number of hydrogen-bond donors (Lipinski definition) is 2. The summed E-state index contributed by atoms with van der Waals surface area (Å²) in [6.45, 7) is 4.29. The molecule has 0 saturated heterocycles. The van der Waals surface area contributed by atoms with Gasteiger partial charge in [0.15, 0.2) is 0 Å². The second kappa shape index (κ2) is 7.17. The van der Waals surface area contributed by atoms with Gasteiger partial charge in [-0.05, 0) is 25.1 Å². The van der Waals surface area contributed by atoms with Crippen LogP contribution in [-0.2, 0) is 6.54 Å². The van der Waals surface area contributed by atoms with Gasteiger partial charge in [-0.15, -0.1) is 0 Å². The van der Waals surface area contributed by atoms with E-state index in [1.54, 1.807) is 6.07 Å². The Morgan fingerprint density at radius 2 is 2.10 bits per heavy atom. The van der Waals surface area contributed by atoms with Gasteiger partial charge in [0, 0.05) is 6.54 Å². The number of rotatable bonds is 7. The van der Waals surface area contributed by atoms with Crippen LogP contribution < -0.4 is 5.56 Å². The summed E-state index contributed by atoms with van der Waals surface area (Å²) in [4.78, 5) is 21.4. The standard InChI is InChI=1S/C15H21N3O2/c1-2-3-8-18(9-10-19)11-14-16-13-7-5-4-6-12(13)15(20)17-14/h4-7,19H,2-3,8-11H2,1H3,(H,16,17,20). The SMILES string of the molecule is CCCCN(CCO)Cc1nc2ccccc2c(=O)[nH]1. The molecule has 5 heteroatoms. The highest BCUT2D eigenvalue weighted by atomic mass is 16.3. The number of aromatic amines is 1. The minimum Gasteiger partial charge on any atom is -0.395 e. The maximum Gasteiger partial charge on any atom is 0.258 e. The molecular weight excluding hydrogens is 254 g/mol. The van der Waals surface area contributed by atoms with Gasteiger partial charge in [-0.2, -0.15) is 0 Å². The fraction of sp³-hybridized carbons (Fsp3) is 0.467. The van der Waals surface area contributed by atoms with Crippen LogP contribution in [-0.4, -0.2) is 39.7 Å². The molecule has 0 unspecified atom stereocenters. The van der Waals surface area contributed by atoms with Gasteiger partial charge in [0.1, 0.15) is 5.82 Å². The van der Waals surface area contributed by atoms with Crippen molar-refractivity contribution >= 4 is 10.9 Å². The Balaban J connectivity index is 2.21. The summed E-state index contributed by atoms with van der Waals surface area (Å²) in [7, 11) is 0. The first-order valence-electron chi connectivity index (χ1n) is 7.05. The lowest BCUT2D eigenvalue weighted by Gasteiger charge is -2.20. The third-order valence-electron chi connectivity index (χ3n) is 3.28. The average Bonchev–Trinajstić information content (AvgIpc) is 2.45. The Morgan fingerprint density at radius 3 is 2.85 bits per heavy atom. The summed E-state index contributed by atoms with van der Waals surface area (Å²) in [5.74, 6) is 0.651. The van der Waals surface area contributed by atoms with Gasteiger partial charge in [0.05, 0.1) is 24.1 Å². The third-order valence-corrected chi connectivity index (χ3v) is 3.28. The highest BCUT2D eigenvalue weighted by Crippen LogP contribution is 2.07. The van der Waals surface area contributed by atoms with E-state index in [4.69, 9.17) is 5.11 Å². The highest BCUT2D eigenvalue weighted by molar-refractivity contribution is 5.77. The number of aliphatic hydroxyl groups excluding tert-OH is 1. The molecule has 0 bridgehead atoms. The molecule has 108 valence electrons. The van der Waals surface area contributed by atoms with Crippen LogP contribution in [0.4, 0.5) is 0 Å². The number of nitrogens with one attached hydrogen (secondary N) is 1. The topological polar surface area (TPSA) is 69.2 Å². The monoisotopic (exact) mass is 275 g/mol. The number of fused-ring (bicyclic) bond motifs is 1. The lowest BCUT2D eigenvalue weighted by Crippen LogP contribution is -2.29. The van der Waals surface area contributed by atoms with E-state index in [1.165, 1.54) is 0 Å². The molecule has 20 heavy (non-hydrogen) atoms. The van der Waals surface area contributed by atoms with Crippen molar-refractivity contribution in [3.63, 3.8) is 0 Å². The van der Waals surface area contributed by atoms with E-state index in [-0.39, 0.29) is 12.2 Å². The van der Waals surface area contributed by atoms with Crippen LogP contribution >= 0.6 is 0 Å². The lowest BCUT2D eigenvalue weighted by atomic mass is 10.2. The molecule has 2 rings (SSSR count). The molecule has 2 aromatic rings. The van der Waals surface area contributed by atoms with Crippen molar-refractivity contribution in [2.75, 3.05) is 19.7 Å². The summed E-state index contributed by atoms with van der Waals surface area (Å²) in [6.07, 6.45) is 2.17. The molecule has 0 spiro atoms. The van der Waals surface area contributed by atoms with Crippen molar-refractivity contribution in [1.82, 2.24) is 14.9 Å². The van der Waals surface area contributed by atoms with E-state index in [0.717, 1.165) is 19.4 Å². The predicted octanol–water partition coefficient (Wildman–Crippen LogP) is 1.52. The van der Waals surface area contributed by atoms with Crippen LogP contribution in [0.25, 0.3) is 10.9 Å². The zero-order chi connectivity index (χ0) is 14.4. The predicted molar refractivity (Wildman–Crippen MR) is 79.6 cm³/mol. The summed E-state index contributed by atoms with van der Waals surface area (Å²) >= 11 is 0. The van der Waals surface area contributed by atoms with Gasteiger partial charge >= 0.3 is 0 Å². The number of hydrogen-bond acceptors (Lipinski definition) is 4. The fourth-order valence-electron chi connectivity index (χ4n) is 2.21. The molecule has 0 amide bonds. The van der Waals surface area contributed by atoms with E-state index in [1.807, 2.05) is 18.2 Å². The van der Waals surface area contributed by atoms with Crippen molar-refractivity contribution in [3.8, 4) is 0 Å². The Kier molecular flexibility index (Phi) is 5.26. The molecule has 1 aromatic heterocycles. The van der Waals surface area contributed by atoms with E-state index >= 15 is 0 Å². The Labute approximate surface area is 118 Å². The van der Waals surface area contributed by atoms with Crippen LogP contribution in [0.3, 0.4) is 0 Å². The van der Waals surface area contributed by atoms with E-state index < -0.39 is 0 Å². The van der Waals surface area contributed by atoms with Crippen LogP contribution in [0.2, 0.25) is 0 Å². The largest absolute Gasteiger partial charge is 0.395 e. The summed E-state index contributed by atoms with van der Waals surface area (Å²) < 4.78 is 0. The van der Waals surface area contributed by atoms with Crippen LogP contribution in [0.1, 0.15) is 25.6 Å². The van der Waals surface area contributed by atoms with Crippen molar-refractivity contribution in [2.45, 2.75) is 26.3 Å². The van der Waals surface area contributed by atoms with E-state index in [9.17, 15) is 4.79 Å². The summed E-state index contributed by atoms with van der Waals surface area (Å²) in [5, 5.41) is 9.72. The molecule has 0 aliphatic rings. The molecule has 0 saturated carbocycles. The van der Waals surface area contributed by atoms with Gasteiger partial charge in [-0.25, -0.2) is 4.98 Å². The number of para-hydroxylation sites is 1. The van der Waals surface area contributed by atoms with E-state index in [0.29, 0.717) is 29.8 Å². The van der Waals surface area contributed by atoms with Gasteiger partial charge in [-0.1, -0.05) is 25.5 Å². The first kappa shape index (κ1) is 14.7. The fourth-order valence-corrected chi connectivity index (χ4v) is 2.21. The van der Waals surface area contributed by atoms with Gasteiger partial charge in [0.25, 0.3) is 5.56 Å². The zero-order valence-corrected chi connectivity index (χ0v) is 11.8. The molecule has 2 N–H and O–H groups in total. The first-order chi connectivity index (χ1) is 9.74. The van der Waals surface area contributed by atoms with Crippen LogP contribution in [0, 0.1) is 0 Å².